The molecule has 0 spiro atoms. The van der Waals surface area contributed by atoms with E-state index in [2.05, 4.69) is 34.7 Å². The Balaban J connectivity index is 1.30. The lowest BCUT2D eigenvalue weighted by Gasteiger charge is -2.27. The molecule has 3 heterocycles. The van der Waals surface area contributed by atoms with Gasteiger partial charge in [0.15, 0.2) is 11.3 Å². The minimum atomic E-state index is -0.285. The fourth-order valence-corrected chi connectivity index (χ4v) is 5.19. The second-order valence-electron chi connectivity index (χ2n) is 7.79. The molecule has 1 fully saturated rings. The number of benzene rings is 1. The number of hydrogen-bond donors (Lipinski definition) is 3. The lowest BCUT2D eigenvalue weighted by Crippen LogP contribution is -3.09. The van der Waals surface area contributed by atoms with Crippen LogP contribution < -0.4 is 10.2 Å². The number of rotatable bonds is 4. The Labute approximate surface area is 173 Å². The van der Waals surface area contributed by atoms with Crippen molar-refractivity contribution in [2.45, 2.75) is 44.2 Å². The minimum Gasteiger partial charge on any atom is -0.391 e. The zero-order valence-corrected chi connectivity index (χ0v) is 16.8. The molecule has 3 aliphatic rings. The Morgan fingerprint density at radius 2 is 2.24 bits per heavy atom. The first-order chi connectivity index (χ1) is 14.2. The average molecular weight is 408 g/mol. The summed E-state index contributed by atoms with van der Waals surface area (Å²) in [5.74, 6) is 0.959. The van der Waals surface area contributed by atoms with Gasteiger partial charge in [-0.15, -0.1) is 0 Å². The molecular weight excluding hydrogens is 384 g/mol. The van der Waals surface area contributed by atoms with Gasteiger partial charge < -0.3 is 10.4 Å². The summed E-state index contributed by atoms with van der Waals surface area (Å²) in [6, 6.07) is 6.49. The molecule has 0 radical (unpaired) electrons. The van der Waals surface area contributed by atoms with Crippen LogP contribution in [0.25, 0.3) is 10.2 Å². The van der Waals surface area contributed by atoms with Gasteiger partial charge >= 0.3 is 0 Å². The van der Waals surface area contributed by atoms with Crippen LogP contribution in [0.2, 0.25) is 0 Å². The summed E-state index contributed by atoms with van der Waals surface area (Å²) in [5.41, 5.74) is 3.39. The SMILES string of the molecule is N#CN1C=C[NH+]2C(Cc3ccc4nc(N[C@@H]5CCCC[C@H]5O)sc4c3)=CN=C2C1. The summed E-state index contributed by atoms with van der Waals surface area (Å²) in [6.07, 6.45) is 12.5. The quantitative estimate of drug-likeness (QED) is 0.675. The van der Waals surface area contributed by atoms with Crippen molar-refractivity contribution >= 4 is 32.5 Å². The highest BCUT2D eigenvalue weighted by atomic mass is 32.1. The summed E-state index contributed by atoms with van der Waals surface area (Å²) in [5, 5.41) is 23.6. The van der Waals surface area contributed by atoms with E-state index in [0.29, 0.717) is 6.54 Å². The predicted octanol–water partition coefficient (Wildman–Crippen LogP) is 1.96. The lowest BCUT2D eigenvalue weighted by molar-refractivity contribution is -0.702. The topological polar surface area (TPSA) is 89.0 Å². The number of aliphatic imine (C=N–C) groups is 1. The van der Waals surface area contributed by atoms with Gasteiger partial charge in [0.25, 0.3) is 0 Å². The maximum atomic E-state index is 10.2. The average Bonchev–Trinajstić information content (AvgIpc) is 3.32. The van der Waals surface area contributed by atoms with Crippen LogP contribution in [0.4, 0.5) is 5.13 Å². The standard InChI is InChI=1S/C21H22N6OS/c22-13-26-7-8-27-15(11-23-20(27)12-26)9-14-5-6-17-19(10-14)29-21(25-17)24-16-3-1-2-4-18(16)28/h5-8,10-11,16,18,28H,1-4,9,12H2,(H,24,25)/p+1/t16-,18-/m1/s1. The number of quaternary nitrogens is 1. The number of fused-ring (bicyclic) bond motifs is 2. The molecule has 1 unspecified atom stereocenters. The van der Waals surface area contributed by atoms with Gasteiger partial charge in [0.1, 0.15) is 18.4 Å². The highest BCUT2D eigenvalue weighted by Crippen LogP contribution is 2.30. The summed E-state index contributed by atoms with van der Waals surface area (Å²) >= 11 is 1.65. The van der Waals surface area contributed by atoms with Crippen molar-refractivity contribution in [3.05, 3.63) is 48.1 Å². The number of allylic oxidation sites excluding steroid dienone is 1. The molecule has 0 bridgehead atoms. The number of hydrogen-bond acceptors (Lipinski definition) is 7. The van der Waals surface area contributed by atoms with Crippen molar-refractivity contribution in [1.82, 2.24) is 9.88 Å². The van der Waals surface area contributed by atoms with Gasteiger partial charge in [-0.3, -0.25) is 4.90 Å². The van der Waals surface area contributed by atoms with E-state index in [1.807, 2.05) is 18.6 Å². The van der Waals surface area contributed by atoms with Gasteiger partial charge in [-0.1, -0.05) is 30.2 Å². The molecule has 1 saturated carbocycles. The van der Waals surface area contributed by atoms with Gasteiger partial charge in [-0.05, 0) is 30.5 Å². The van der Waals surface area contributed by atoms with Gasteiger partial charge in [0.05, 0.1) is 34.8 Å². The second kappa shape index (κ2) is 7.59. The van der Waals surface area contributed by atoms with E-state index < -0.39 is 0 Å². The second-order valence-corrected chi connectivity index (χ2v) is 8.82. The largest absolute Gasteiger partial charge is 0.391 e. The monoisotopic (exact) mass is 407 g/mol. The fourth-order valence-electron chi connectivity index (χ4n) is 4.20. The summed E-state index contributed by atoms with van der Waals surface area (Å²) in [6.45, 7) is 0.540. The van der Waals surface area contributed by atoms with Crippen LogP contribution in [0.1, 0.15) is 31.2 Å². The highest BCUT2D eigenvalue weighted by Gasteiger charge is 2.30. The van der Waals surface area contributed by atoms with Gasteiger partial charge in [-0.25, -0.2) is 14.9 Å². The van der Waals surface area contributed by atoms with Gasteiger partial charge in [0, 0.05) is 6.42 Å². The van der Waals surface area contributed by atoms with Crippen molar-refractivity contribution in [2.24, 2.45) is 4.99 Å². The van der Waals surface area contributed by atoms with Gasteiger partial charge in [-0.2, -0.15) is 5.26 Å². The van der Waals surface area contributed by atoms with Crippen LogP contribution >= 0.6 is 11.3 Å². The van der Waals surface area contributed by atoms with E-state index in [1.54, 1.807) is 16.2 Å². The van der Waals surface area contributed by atoms with Crippen molar-refractivity contribution in [1.29, 1.82) is 5.26 Å². The fraction of sp³-hybridized carbons (Fsp3) is 0.381. The van der Waals surface area contributed by atoms with Crippen LogP contribution in [0.15, 0.2) is 47.5 Å². The molecule has 1 aromatic heterocycles. The number of amidine groups is 1. The van der Waals surface area contributed by atoms with Crippen LogP contribution in [0.5, 0.6) is 0 Å². The maximum absolute atomic E-state index is 10.2. The number of aliphatic hydroxyl groups is 1. The highest BCUT2D eigenvalue weighted by molar-refractivity contribution is 7.22. The van der Waals surface area contributed by atoms with E-state index in [1.165, 1.54) is 11.3 Å². The van der Waals surface area contributed by atoms with E-state index in [4.69, 9.17) is 10.2 Å². The van der Waals surface area contributed by atoms with Crippen molar-refractivity contribution < 1.29 is 10.0 Å². The predicted molar refractivity (Wildman–Crippen MR) is 113 cm³/mol. The van der Waals surface area contributed by atoms with Crippen LogP contribution in [0.3, 0.4) is 0 Å². The molecule has 2 aliphatic heterocycles. The van der Waals surface area contributed by atoms with Crippen LogP contribution in [-0.4, -0.2) is 39.5 Å². The number of anilines is 1. The number of nitrogens with one attached hydrogen (secondary N) is 2. The Hall–Kier alpha value is -2.73. The van der Waals surface area contributed by atoms with E-state index in [0.717, 1.165) is 58.2 Å². The molecule has 7 nitrogen and oxygen atoms in total. The molecular formula is C21H23N6OS+. The third kappa shape index (κ3) is 3.65. The van der Waals surface area contributed by atoms with Gasteiger partial charge in [0.2, 0.25) is 5.84 Å². The Morgan fingerprint density at radius 3 is 3.10 bits per heavy atom. The molecule has 0 saturated heterocycles. The van der Waals surface area contributed by atoms with Crippen molar-refractivity contribution in [3.63, 3.8) is 0 Å². The smallest absolute Gasteiger partial charge is 0.231 e. The molecule has 8 heteroatoms. The normalized spacial score (nSPS) is 26.1. The van der Waals surface area contributed by atoms with E-state index in [-0.39, 0.29) is 12.1 Å². The molecule has 1 aliphatic carbocycles. The molecule has 29 heavy (non-hydrogen) atoms. The third-order valence-corrected chi connectivity index (χ3v) is 6.74. The first kappa shape index (κ1) is 18.3. The maximum Gasteiger partial charge on any atom is 0.231 e. The minimum absolute atomic E-state index is 0.102. The number of nitrogens with zero attached hydrogens (tertiary/aromatic N) is 4. The van der Waals surface area contributed by atoms with E-state index >= 15 is 0 Å². The summed E-state index contributed by atoms with van der Waals surface area (Å²) in [7, 11) is 0. The molecule has 0 amide bonds. The van der Waals surface area contributed by atoms with E-state index in [9.17, 15) is 5.11 Å². The Morgan fingerprint density at radius 1 is 1.34 bits per heavy atom. The molecule has 148 valence electrons. The number of nitriles is 1. The molecule has 3 atom stereocenters. The number of aliphatic hydroxyl groups excluding tert-OH is 1. The molecule has 1 aromatic carbocycles. The number of aromatic nitrogens is 1. The summed E-state index contributed by atoms with van der Waals surface area (Å²) in [4.78, 5) is 11.9. The molecule has 2 aromatic rings. The Bertz CT molecular complexity index is 1060. The zero-order chi connectivity index (χ0) is 19.8. The van der Waals surface area contributed by atoms with Crippen molar-refractivity contribution in [2.75, 3.05) is 11.9 Å². The molecule has 3 N–H and O–H groups in total. The van der Waals surface area contributed by atoms with Crippen molar-refractivity contribution in [3.8, 4) is 6.19 Å². The summed E-state index contributed by atoms with van der Waals surface area (Å²) < 4.78 is 1.15. The molecule has 5 rings (SSSR count). The third-order valence-electron chi connectivity index (χ3n) is 5.79. The van der Waals surface area contributed by atoms with Crippen LogP contribution in [0, 0.1) is 11.5 Å². The zero-order valence-electron chi connectivity index (χ0n) is 16.0. The lowest BCUT2D eigenvalue weighted by atomic mass is 9.93. The Kier molecular flexibility index (Phi) is 4.79. The first-order valence-corrected chi connectivity index (χ1v) is 10.8. The number of thiazole rings is 1. The first-order valence-electron chi connectivity index (χ1n) is 10.0. The van der Waals surface area contributed by atoms with Crippen LogP contribution in [-0.2, 0) is 6.42 Å².